The third kappa shape index (κ3) is 16.3. The Balaban J connectivity index is 0.000000130. The summed E-state index contributed by atoms with van der Waals surface area (Å²) in [6.07, 6.45) is -4.60. The van der Waals surface area contributed by atoms with Gasteiger partial charge in [0.05, 0.1) is 0 Å². The molecular weight excluding hydrogens is 1410 g/mol. The minimum absolute atomic E-state index is 0.0842. The number of benzene rings is 12. The van der Waals surface area contributed by atoms with Crippen LogP contribution in [0.1, 0.15) is 249 Å². The van der Waals surface area contributed by atoms with Crippen molar-refractivity contribution in [2.45, 2.75) is 230 Å². The van der Waals surface area contributed by atoms with Crippen LogP contribution in [0.15, 0.2) is 227 Å². The van der Waals surface area contributed by atoms with E-state index in [-0.39, 0.29) is 32.5 Å². The Kier molecular flexibility index (Phi) is 18.2. The van der Waals surface area contributed by atoms with Crippen molar-refractivity contribution in [2.75, 3.05) is 0 Å². The second-order valence-corrected chi connectivity index (χ2v) is 38.9. The molecule has 0 aliphatic heterocycles. The summed E-state index contributed by atoms with van der Waals surface area (Å²) in [6.45, 7) is 40.4. The van der Waals surface area contributed by atoms with Crippen molar-refractivity contribution in [1.82, 2.24) is 0 Å². The van der Waals surface area contributed by atoms with Crippen LogP contribution in [0.3, 0.4) is 0 Å². The maximum atomic E-state index is 8.26. The summed E-state index contributed by atoms with van der Waals surface area (Å²) in [7, 11) is 0. The molecule has 0 saturated carbocycles. The highest BCUT2D eigenvalue weighted by Gasteiger charge is 2.28. The average Bonchev–Trinajstić information content (AvgIpc) is 1.61. The molecule has 112 heavy (non-hydrogen) atoms. The van der Waals surface area contributed by atoms with Crippen molar-refractivity contribution >= 4 is 138 Å². The van der Waals surface area contributed by atoms with Gasteiger partial charge in [0.15, 0.2) is 0 Å². The molecule has 18 rings (SSSR count). The molecule has 0 saturated heterocycles. The number of hydrogen-bond donors (Lipinski definition) is 0. The topological polar surface area (TPSA) is 26.3 Å². The summed E-state index contributed by atoms with van der Waals surface area (Å²) in [5, 5.41) is 11.1. The van der Waals surface area contributed by atoms with Crippen molar-refractivity contribution in [2.24, 2.45) is 0 Å². The quantitative estimate of drug-likeness (QED) is 0.176. The molecule has 0 amide bonds. The fraction of sp³-hybridized carbons (Fsp3) is 0.327. The van der Waals surface area contributed by atoms with Gasteiger partial charge in [-0.05, 0) is 222 Å². The van der Waals surface area contributed by atoms with Gasteiger partial charge in [0.1, 0.15) is 22.3 Å². The van der Waals surface area contributed by atoms with E-state index in [2.05, 4.69) is 228 Å². The van der Waals surface area contributed by atoms with Gasteiger partial charge in [-0.1, -0.05) is 316 Å². The predicted octanol–water partition coefficient (Wildman–Crippen LogP) is 33.2. The minimum Gasteiger partial charge on any atom is -0.456 e. The highest BCUT2D eigenvalue weighted by Crippen LogP contribution is 2.47. The van der Waals surface area contributed by atoms with E-state index in [4.69, 9.17) is 28.0 Å². The van der Waals surface area contributed by atoms with Gasteiger partial charge in [-0.25, -0.2) is 0 Å². The smallest absolute Gasteiger partial charge is 0.138 e. The molecular formula is C107H118O2S3. The first-order valence-corrected chi connectivity index (χ1v) is 41.6. The third-order valence-corrected chi connectivity index (χ3v) is 24.9. The number of furan rings is 2. The van der Waals surface area contributed by atoms with Gasteiger partial charge in [0, 0.05) is 101 Å². The Morgan fingerprint density at radius 2 is 0.804 bits per heavy atom. The van der Waals surface area contributed by atoms with E-state index in [9.17, 15) is 0 Å². The van der Waals surface area contributed by atoms with Crippen LogP contribution in [-0.2, 0) is 64.4 Å². The molecule has 17 aromatic rings. The van der Waals surface area contributed by atoms with Gasteiger partial charge in [-0.2, -0.15) is 0 Å². The Morgan fingerprint density at radius 1 is 0.321 bits per heavy atom. The molecule has 5 heteroatoms. The van der Waals surface area contributed by atoms with Crippen LogP contribution in [0, 0.1) is 13.7 Å². The highest BCUT2D eigenvalue weighted by atomic mass is 32.1. The molecule has 1 aliphatic carbocycles. The van der Waals surface area contributed by atoms with Crippen molar-refractivity contribution in [3.63, 3.8) is 0 Å². The molecule has 0 unspecified atom stereocenters. The number of fused-ring (bicyclic) bond motifs is 18. The van der Waals surface area contributed by atoms with Crippen molar-refractivity contribution in [3.8, 4) is 11.1 Å². The summed E-state index contributed by atoms with van der Waals surface area (Å²) in [6, 6.07) is 73.2. The molecule has 5 heterocycles. The second-order valence-electron chi connectivity index (χ2n) is 35.7. The molecule has 1 aliphatic rings. The monoisotopic (exact) mass is 1540 g/mol. The highest BCUT2D eigenvalue weighted by molar-refractivity contribution is 7.26. The molecule has 0 spiro atoms. The lowest BCUT2D eigenvalue weighted by Crippen LogP contribution is -2.14. The zero-order valence-electron chi connectivity index (χ0n) is 83.5. The van der Waals surface area contributed by atoms with E-state index >= 15 is 0 Å². The summed E-state index contributed by atoms with van der Waals surface area (Å²) in [5.41, 5.74) is 17.3. The lowest BCUT2D eigenvalue weighted by atomic mass is 9.80. The number of thiophene rings is 3. The maximum absolute atomic E-state index is 8.26. The normalized spacial score (nSPS) is 15.2. The van der Waals surface area contributed by atoms with Crippen LogP contribution in [0.2, 0.25) is 0 Å². The van der Waals surface area contributed by atoms with Crippen LogP contribution < -0.4 is 0 Å². The van der Waals surface area contributed by atoms with Crippen molar-refractivity contribution in [3.05, 3.63) is 296 Å². The fourth-order valence-corrected chi connectivity index (χ4v) is 19.7. The summed E-state index contributed by atoms with van der Waals surface area (Å²) in [5.74, 6) is 0. The van der Waals surface area contributed by atoms with E-state index in [1.807, 2.05) is 115 Å². The van der Waals surface area contributed by atoms with Gasteiger partial charge >= 0.3 is 0 Å². The first-order valence-electron chi connectivity index (χ1n) is 46.2. The molecule has 12 aromatic carbocycles. The number of rotatable bonds is 4. The number of aryl methyl sites for hydroxylation is 6. The van der Waals surface area contributed by atoms with Gasteiger partial charge in [0.25, 0.3) is 0 Å². The number of hydrogen-bond acceptors (Lipinski definition) is 5. The Labute approximate surface area is 700 Å². The lowest BCUT2D eigenvalue weighted by molar-refractivity contribution is 0.579. The molecule has 0 fully saturated rings. The second kappa shape index (κ2) is 31.7. The van der Waals surface area contributed by atoms with Crippen LogP contribution in [0.4, 0.5) is 0 Å². The molecule has 5 aromatic heterocycles. The Morgan fingerprint density at radius 3 is 1.38 bits per heavy atom. The standard InChI is InChI=1S/2C18H20O.2C18H20S.C18H20.C17H18S/c1-5-12-10-17-14(11-15(12)18(2,3)4)13-8-6-7-9-16(13)19-17;1-5-12-15(18(2,3)4)11-10-14-13-8-6-7-9-16(13)19-17(12)14;1-5-12-10-11-14-13-8-6-7-9-15(13)19-17(14)16(12)18(2,3)4;1-5-12-10-11-15-16(17(12)18(2,3)4)13-8-6-7-9-14(13)19-15;1-12-9-16-14(11-17(12)18(2,3)4)10-13-7-5-6-8-15(13)16;1-11-13(17(2,3)4)9-10-15-16(11)12-7-5-6-8-14(12)18-15/h4*6-11H,5H2,1-4H3;5-9,11H,10H2,1-4H3;5-10H,1-4H3/i4*5D2;2*1D3. The summed E-state index contributed by atoms with van der Waals surface area (Å²) in [4.78, 5) is 0. The predicted molar refractivity (Wildman–Crippen MR) is 499 cm³/mol. The molecule has 2 nitrogen and oxygen atoms in total. The zero-order valence-corrected chi connectivity index (χ0v) is 72.0. The van der Waals surface area contributed by atoms with Gasteiger partial charge in [-0.15, -0.1) is 34.0 Å². The summed E-state index contributed by atoms with van der Waals surface area (Å²) >= 11 is 5.23. The summed E-state index contributed by atoms with van der Waals surface area (Å²) < 4.78 is 132. The van der Waals surface area contributed by atoms with Crippen LogP contribution in [-0.4, -0.2) is 0 Å². The van der Waals surface area contributed by atoms with E-state index in [1.54, 1.807) is 61.7 Å². The first-order chi connectivity index (χ1) is 58.1. The molecule has 0 bridgehead atoms. The molecule has 0 N–H and O–H groups in total. The van der Waals surface area contributed by atoms with Crippen LogP contribution in [0.5, 0.6) is 0 Å². The first kappa shape index (κ1) is 64.3. The van der Waals surface area contributed by atoms with Gasteiger partial charge in [0.2, 0.25) is 0 Å². The Hall–Kier alpha value is -9.10. The van der Waals surface area contributed by atoms with E-state index < -0.39 is 39.2 Å². The van der Waals surface area contributed by atoms with Crippen molar-refractivity contribution in [1.29, 1.82) is 0 Å². The lowest BCUT2D eigenvalue weighted by Gasteiger charge is -2.24. The fourth-order valence-electron chi connectivity index (χ4n) is 16.1. The Bertz CT molecular complexity index is 6610. The largest absolute Gasteiger partial charge is 0.456 e. The molecule has 0 atom stereocenters. The van der Waals surface area contributed by atoms with E-state index in [1.165, 1.54) is 57.0 Å². The molecule has 576 valence electrons. The third-order valence-electron chi connectivity index (χ3n) is 21.4. The van der Waals surface area contributed by atoms with E-state index in [0.717, 1.165) is 115 Å². The van der Waals surface area contributed by atoms with Gasteiger partial charge < -0.3 is 8.83 Å². The minimum atomic E-state index is -2.11. The van der Waals surface area contributed by atoms with Crippen LogP contribution in [0.25, 0.3) is 116 Å². The van der Waals surface area contributed by atoms with Crippen LogP contribution >= 0.6 is 34.0 Å². The average molecular weight is 1550 g/mol. The van der Waals surface area contributed by atoms with E-state index in [0.29, 0.717) is 27.8 Å². The zero-order chi connectivity index (χ0) is 92.5. The van der Waals surface area contributed by atoms with Crippen molar-refractivity contribution < 1.29 is 28.0 Å². The number of para-hydroxylation sites is 2. The SMILES string of the molecule is [2H]C([2H])(C)c1c(C(C)(C)C)ccc2c1oc1ccccc12.[2H]C([2H])(C)c1cc2oc3ccccc3c2cc1C(C)(C)C.[2H]C([2H])(C)c1ccc2c(sc3ccccc32)c1C(C)(C)C.[2H]C([2H])(C)c1ccc2sc3ccccc3c2c1C(C)(C)C.[2H]C([2H])([2H])c1c(C(C)(C)C)ccc2sc3ccccc3c12.[2H]C([2H])([2H])c1cc2c(cc1C(C)(C)C)Cc1ccccc1-2. The maximum Gasteiger partial charge on any atom is 0.138 e. The molecule has 0 radical (unpaired) electrons. The van der Waals surface area contributed by atoms with Gasteiger partial charge in [-0.3, -0.25) is 0 Å².